The predicted molar refractivity (Wildman–Crippen MR) is 245 cm³/mol. The Bertz CT molecular complexity index is 2440. The molecule has 2 N–H and O–H groups in total. The van der Waals surface area contributed by atoms with Crippen LogP contribution in [0.3, 0.4) is 0 Å². The lowest BCUT2D eigenvalue weighted by Crippen LogP contribution is -2.46. The van der Waals surface area contributed by atoms with E-state index in [1.807, 2.05) is 85.7 Å². The van der Waals surface area contributed by atoms with Gasteiger partial charge in [0.05, 0.1) is 17.6 Å². The number of sulfone groups is 1. The van der Waals surface area contributed by atoms with Crippen LogP contribution < -0.4 is 20.6 Å². The lowest BCUT2D eigenvalue weighted by Gasteiger charge is -2.36. The van der Waals surface area contributed by atoms with Crippen LogP contribution in [0, 0.1) is 0 Å². The standard InChI is InChI=1S/C45H50ClF3N5O5PS2/c1-4-59-60(56,39-22-23-42(43(30-39)62(57,58)45(47,48)49)50-37(24-25-52(2)3)32-61-40-11-6-5-7-12-40)51-44(55)34-16-20-38(21-17-34)54-28-26-53(27-29-54)31-35-10-8-9-13-41(35)33-14-18-36(46)19-15-33/h5-23,30,37,50H,4,24-29,31-32H2,1-3H3,(H,51,55,56)/t37-,60?/m1/s1. The molecule has 330 valence electrons. The van der Waals surface area contributed by atoms with E-state index in [2.05, 4.69) is 32.3 Å². The SMILES string of the molecule is CCOP(=O)(NC(=O)c1ccc(N2CCN(Cc3ccccc3-c3ccc(Cl)cc3)CC2)cc1)c1ccc(N[C@H](CCN(C)C)CSc2ccccc2)c(S(=O)(=O)C(F)(F)F)c1. The summed E-state index contributed by atoms with van der Waals surface area (Å²) in [4.78, 5) is 20.0. The molecular weight excluding hydrogens is 878 g/mol. The van der Waals surface area contributed by atoms with Crippen molar-refractivity contribution >= 4 is 63.3 Å². The summed E-state index contributed by atoms with van der Waals surface area (Å²) in [7, 11) is -6.71. The zero-order valence-corrected chi connectivity index (χ0v) is 37.9. The van der Waals surface area contributed by atoms with E-state index in [1.165, 1.54) is 30.3 Å². The fourth-order valence-electron chi connectivity index (χ4n) is 7.05. The fraction of sp³-hybridized carbons (Fsp3) is 0.311. The largest absolute Gasteiger partial charge is 0.501 e. The first-order chi connectivity index (χ1) is 29.6. The smallest absolute Gasteiger partial charge is 0.380 e. The van der Waals surface area contributed by atoms with Crippen LogP contribution in [-0.2, 0) is 25.5 Å². The number of benzene rings is 5. The minimum absolute atomic E-state index is 0.132. The van der Waals surface area contributed by atoms with E-state index in [-0.39, 0.29) is 17.9 Å². The summed E-state index contributed by atoms with van der Waals surface area (Å²) in [5.41, 5.74) is -1.49. The Morgan fingerprint density at radius 1 is 0.903 bits per heavy atom. The Balaban J connectivity index is 1.16. The van der Waals surface area contributed by atoms with Gasteiger partial charge in [0, 0.05) is 65.7 Å². The molecule has 1 fully saturated rings. The Labute approximate surface area is 371 Å². The molecule has 62 heavy (non-hydrogen) atoms. The van der Waals surface area contributed by atoms with Gasteiger partial charge in [0.2, 0.25) is 0 Å². The molecule has 5 aromatic carbocycles. The van der Waals surface area contributed by atoms with Crippen LogP contribution in [0.2, 0.25) is 5.02 Å². The van der Waals surface area contributed by atoms with Crippen LogP contribution in [0.1, 0.15) is 29.3 Å². The minimum Gasteiger partial charge on any atom is -0.380 e. The second kappa shape index (κ2) is 20.9. The molecule has 0 aliphatic carbocycles. The summed E-state index contributed by atoms with van der Waals surface area (Å²) in [6, 6.07) is 34.9. The van der Waals surface area contributed by atoms with Gasteiger partial charge in [0.25, 0.3) is 15.7 Å². The van der Waals surface area contributed by atoms with E-state index < -0.39 is 45.0 Å². The highest BCUT2D eigenvalue weighted by molar-refractivity contribution is 7.99. The maximum atomic E-state index is 14.4. The molecule has 1 aliphatic rings. The third-order valence-corrected chi connectivity index (χ3v) is 15.4. The van der Waals surface area contributed by atoms with Crippen molar-refractivity contribution in [3.8, 4) is 11.1 Å². The number of rotatable bonds is 18. The number of anilines is 2. The Hall–Kier alpha value is -4.34. The van der Waals surface area contributed by atoms with Crippen LogP contribution in [0.4, 0.5) is 24.5 Å². The third-order valence-electron chi connectivity index (χ3n) is 10.4. The number of nitrogens with one attached hydrogen (secondary N) is 2. The number of amides is 1. The summed E-state index contributed by atoms with van der Waals surface area (Å²) in [5, 5.41) is 5.69. The molecule has 10 nitrogen and oxygen atoms in total. The fourth-order valence-corrected chi connectivity index (χ4v) is 10.9. The Morgan fingerprint density at radius 2 is 1.56 bits per heavy atom. The molecule has 0 spiro atoms. The lowest BCUT2D eigenvalue weighted by molar-refractivity contribution is -0.0435. The number of carbonyl (C=O) groups is 1. The third kappa shape index (κ3) is 12.0. The molecular formula is C45H50ClF3N5O5PS2. The predicted octanol–water partition coefficient (Wildman–Crippen LogP) is 9.43. The van der Waals surface area contributed by atoms with Gasteiger partial charge in [-0.25, -0.2) is 8.42 Å². The molecule has 5 aromatic rings. The molecule has 0 radical (unpaired) electrons. The van der Waals surface area contributed by atoms with Crippen LogP contribution >= 0.6 is 30.9 Å². The van der Waals surface area contributed by atoms with E-state index in [9.17, 15) is 30.9 Å². The van der Waals surface area contributed by atoms with E-state index in [0.717, 1.165) is 60.5 Å². The summed E-state index contributed by atoms with van der Waals surface area (Å²) in [5.74, 6) is -0.393. The zero-order valence-electron chi connectivity index (χ0n) is 34.6. The molecule has 2 atom stereocenters. The second-order valence-electron chi connectivity index (χ2n) is 15.1. The number of alkyl halides is 3. The van der Waals surface area contributed by atoms with Crippen LogP contribution in [-0.4, -0.2) is 94.9 Å². The molecule has 1 aliphatic heterocycles. The van der Waals surface area contributed by atoms with E-state index >= 15 is 0 Å². The number of piperazine rings is 1. The number of nitrogens with zero attached hydrogens (tertiary/aromatic N) is 3. The first-order valence-electron chi connectivity index (χ1n) is 20.1. The first-order valence-corrected chi connectivity index (χ1v) is 24.6. The van der Waals surface area contributed by atoms with Crippen molar-refractivity contribution in [2.24, 2.45) is 0 Å². The van der Waals surface area contributed by atoms with E-state index in [1.54, 1.807) is 24.3 Å². The Kier molecular flexibility index (Phi) is 15.9. The maximum absolute atomic E-state index is 14.4. The van der Waals surface area contributed by atoms with Gasteiger partial charge >= 0.3 is 13.0 Å². The van der Waals surface area contributed by atoms with Gasteiger partial charge in [-0.2, -0.15) is 13.2 Å². The first kappa shape index (κ1) is 47.1. The Morgan fingerprint density at radius 3 is 2.21 bits per heavy atom. The number of hydrogen-bond donors (Lipinski definition) is 2. The molecule has 1 amide bonds. The highest BCUT2D eigenvalue weighted by Gasteiger charge is 2.49. The topological polar surface area (TPSA) is 111 Å². The molecule has 0 bridgehead atoms. The number of halogens is 4. The molecule has 17 heteroatoms. The average molecular weight is 928 g/mol. The summed E-state index contributed by atoms with van der Waals surface area (Å²) < 4.78 is 88.8. The van der Waals surface area contributed by atoms with Crippen molar-refractivity contribution in [1.29, 1.82) is 0 Å². The van der Waals surface area contributed by atoms with Crippen molar-refractivity contribution in [3.05, 3.63) is 137 Å². The van der Waals surface area contributed by atoms with Gasteiger partial charge < -0.3 is 19.6 Å². The number of hydrogen-bond acceptors (Lipinski definition) is 10. The molecule has 1 unspecified atom stereocenters. The zero-order chi connectivity index (χ0) is 44.5. The van der Waals surface area contributed by atoms with Crippen molar-refractivity contribution in [2.45, 2.75) is 41.2 Å². The minimum atomic E-state index is -5.96. The van der Waals surface area contributed by atoms with E-state index in [0.29, 0.717) is 29.8 Å². The van der Waals surface area contributed by atoms with Gasteiger partial charge in [0.1, 0.15) is 4.90 Å². The molecule has 0 aromatic heterocycles. The normalized spacial score (nSPS) is 15.3. The van der Waals surface area contributed by atoms with Gasteiger partial charge in [-0.05, 0) is 117 Å². The molecule has 0 saturated carbocycles. The lowest BCUT2D eigenvalue weighted by atomic mass is 9.99. The average Bonchev–Trinajstić information content (AvgIpc) is 3.25. The van der Waals surface area contributed by atoms with Gasteiger partial charge in [-0.1, -0.05) is 66.2 Å². The van der Waals surface area contributed by atoms with Gasteiger partial charge in [0.15, 0.2) is 0 Å². The number of carbonyl (C=O) groups excluding carboxylic acids is 1. The van der Waals surface area contributed by atoms with Crippen molar-refractivity contribution in [1.82, 2.24) is 14.9 Å². The van der Waals surface area contributed by atoms with Crippen LogP contribution in [0.25, 0.3) is 11.1 Å². The van der Waals surface area contributed by atoms with E-state index in [4.69, 9.17) is 16.1 Å². The summed E-state index contributed by atoms with van der Waals surface area (Å²) in [6.07, 6.45) is 0.476. The molecule has 1 heterocycles. The molecule has 6 rings (SSSR count). The van der Waals surface area contributed by atoms with Crippen molar-refractivity contribution in [3.63, 3.8) is 0 Å². The maximum Gasteiger partial charge on any atom is 0.501 e. The molecule has 1 saturated heterocycles. The van der Waals surface area contributed by atoms with Gasteiger partial charge in [-0.3, -0.25) is 19.3 Å². The number of thioether (sulfide) groups is 1. The summed E-state index contributed by atoms with van der Waals surface area (Å²) >= 11 is 7.60. The van der Waals surface area contributed by atoms with Crippen molar-refractivity contribution < 1.29 is 35.5 Å². The second-order valence-corrected chi connectivity index (χ2v) is 20.6. The quantitative estimate of drug-likeness (QED) is 0.0652. The monoisotopic (exact) mass is 927 g/mol. The van der Waals surface area contributed by atoms with Crippen molar-refractivity contribution in [2.75, 3.05) is 69.4 Å². The van der Waals surface area contributed by atoms with Crippen LogP contribution in [0.15, 0.2) is 131 Å². The summed E-state index contributed by atoms with van der Waals surface area (Å²) in [6.45, 7) is 5.75. The highest BCUT2D eigenvalue weighted by atomic mass is 35.5. The van der Waals surface area contributed by atoms with Crippen LogP contribution in [0.5, 0.6) is 0 Å². The highest BCUT2D eigenvalue weighted by Crippen LogP contribution is 2.44. The van der Waals surface area contributed by atoms with Gasteiger partial charge in [-0.15, -0.1) is 11.8 Å².